The van der Waals surface area contributed by atoms with Gasteiger partial charge in [0.05, 0.1) is 29.8 Å². The summed E-state index contributed by atoms with van der Waals surface area (Å²) in [6.07, 6.45) is -2.92. The van der Waals surface area contributed by atoms with Gasteiger partial charge in [0.15, 0.2) is 0 Å². The van der Waals surface area contributed by atoms with Gasteiger partial charge in [-0.1, -0.05) is 30.3 Å². The number of rotatable bonds is 3. The molecule has 2 aromatic carbocycles. The maximum atomic E-state index is 10.3. The molecule has 1 aliphatic rings. The number of aliphatic hydroxyl groups excluding tert-OH is 3. The summed E-state index contributed by atoms with van der Waals surface area (Å²) < 4.78 is 5.76. The van der Waals surface area contributed by atoms with Gasteiger partial charge in [0.1, 0.15) is 18.0 Å². The maximum absolute atomic E-state index is 10.3. The lowest BCUT2D eigenvalue weighted by Gasteiger charge is -2.36. The fraction of sp³-hybridized carbons (Fsp3) is 0.316. The van der Waals surface area contributed by atoms with Crippen LogP contribution in [0.4, 0.5) is 0 Å². The summed E-state index contributed by atoms with van der Waals surface area (Å²) in [5, 5.41) is 29.7. The topological polar surface area (TPSA) is 98.6 Å². The molecule has 2 heterocycles. The zero-order valence-corrected chi connectivity index (χ0v) is 13.5. The van der Waals surface area contributed by atoms with E-state index in [2.05, 4.69) is 9.97 Å². The van der Waals surface area contributed by atoms with Crippen molar-refractivity contribution in [3.63, 3.8) is 0 Å². The largest absolute Gasteiger partial charge is 0.394 e. The Morgan fingerprint density at radius 3 is 2.76 bits per heavy atom. The highest BCUT2D eigenvalue weighted by Gasteiger charge is 2.37. The minimum absolute atomic E-state index is 0.191. The number of benzene rings is 2. The van der Waals surface area contributed by atoms with E-state index >= 15 is 0 Å². The third kappa shape index (κ3) is 3.05. The van der Waals surface area contributed by atoms with Gasteiger partial charge in [-0.25, -0.2) is 4.98 Å². The van der Waals surface area contributed by atoms with Gasteiger partial charge in [0.2, 0.25) is 0 Å². The van der Waals surface area contributed by atoms with Crippen LogP contribution >= 0.6 is 0 Å². The molecule has 0 aliphatic carbocycles. The number of para-hydroxylation sites is 2. The molecule has 6 nitrogen and oxygen atoms in total. The van der Waals surface area contributed by atoms with Crippen molar-refractivity contribution in [3.05, 3.63) is 54.1 Å². The van der Waals surface area contributed by atoms with E-state index in [1.807, 2.05) is 48.5 Å². The zero-order chi connectivity index (χ0) is 17.4. The summed E-state index contributed by atoms with van der Waals surface area (Å²) in [5.41, 5.74) is 3.44. The monoisotopic (exact) mass is 340 g/mol. The van der Waals surface area contributed by atoms with Crippen molar-refractivity contribution in [1.29, 1.82) is 0 Å². The number of aromatic amines is 1. The van der Waals surface area contributed by atoms with Crippen molar-refractivity contribution in [2.24, 2.45) is 0 Å². The Bertz CT molecular complexity index is 845. The predicted molar refractivity (Wildman–Crippen MR) is 92.9 cm³/mol. The van der Waals surface area contributed by atoms with Crippen molar-refractivity contribution >= 4 is 11.0 Å². The summed E-state index contributed by atoms with van der Waals surface area (Å²) in [5.74, 6) is 0.729. The van der Waals surface area contributed by atoms with Gasteiger partial charge < -0.3 is 25.0 Å². The van der Waals surface area contributed by atoms with E-state index in [9.17, 15) is 15.3 Å². The number of imidazole rings is 1. The number of fused-ring (bicyclic) bond motifs is 1. The third-order valence-corrected chi connectivity index (χ3v) is 4.63. The Kier molecular flexibility index (Phi) is 4.27. The fourth-order valence-electron chi connectivity index (χ4n) is 3.30. The molecule has 1 fully saturated rings. The zero-order valence-electron chi connectivity index (χ0n) is 13.5. The van der Waals surface area contributed by atoms with Crippen molar-refractivity contribution in [3.8, 4) is 11.4 Å². The van der Waals surface area contributed by atoms with E-state index < -0.39 is 24.4 Å². The standard InChI is InChI=1S/C19H20N2O4/c22-10-13-9-16(23)17(24)18(25-13)11-4-3-5-12(8-11)19-20-14-6-1-2-7-15(14)21-19/h1-8,13,16-18,22-24H,9-10H2,(H,20,21)/t13?,16?,17?,18-/m1/s1. The predicted octanol–water partition coefficient (Wildman–Crippen LogP) is 1.77. The van der Waals surface area contributed by atoms with Crippen LogP contribution in [0.3, 0.4) is 0 Å². The Morgan fingerprint density at radius 2 is 1.96 bits per heavy atom. The van der Waals surface area contributed by atoms with Crippen LogP contribution < -0.4 is 0 Å². The first-order chi connectivity index (χ1) is 12.2. The van der Waals surface area contributed by atoms with Crippen LogP contribution in [0.25, 0.3) is 22.4 Å². The molecule has 1 aliphatic heterocycles. The minimum Gasteiger partial charge on any atom is -0.394 e. The molecule has 0 spiro atoms. The number of H-pyrrole nitrogens is 1. The fourth-order valence-corrected chi connectivity index (χ4v) is 3.30. The molecule has 4 N–H and O–H groups in total. The van der Waals surface area contributed by atoms with Crippen LogP contribution in [0.15, 0.2) is 48.5 Å². The van der Waals surface area contributed by atoms with Gasteiger partial charge >= 0.3 is 0 Å². The van der Waals surface area contributed by atoms with Crippen LogP contribution in [0.1, 0.15) is 18.1 Å². The van der Waals surface area contributed by atoms with Gasteiger partial charge in [0, 0.05) is 12.0 Å². The Balaban J connectivity index is 1.69. The summed E-state index contributed by atoms with van der Waals surface area (Å²) in [6.45, 7) is -0.191. The molecular weight excluding hydrogens is 320 g/mol. The SMILES string of the molecule is OCC1CC(O)C(O)[C@@H](c2cccc(-c3nc4ccccc4[nH]3)c2)O1. The molecule has 0 bridgehead atoms. The van der Waals surface area contributed by atoms with E-state index in [4.69, 9.17) is 4.74 Å². The maximum Gasteiger partial charge on any atom is 0.138 e. The number of nitrogens with one attached hydrogen (secondary N) is 1. The van der Waals surface area contributed by atoms with Gasteiger partial charge in [0.25, 0.3) is 0 Å². The smallest absolute Gasteiger partial charge is 0.138 e. The van der Waals surface area contributed by atoms with Gasteiger partial charge in [-0.15, -0.1) is 0 Å². The molecule has 1 saturated heterocycles. The van der Waals surface area contributed by atoms with Gasteiger partial charge in [-0.05, 0) is 23.8 Å². The highest BCUT2D eigenvalue weighted by molar-refractivity contribution is 5.79. The molecule has 4 rings (SSSR count). The lowest BCUT2D eigenvalue weighted by Crippen LogP contribution is -2.44. The van der Waals surface area contributed by atoms with Crippen molar-refractivity contribution in [1.82, 2.24) is 9.97 Å². The lowest BCUT2D eigenvalue weighted by molar-refractivity contribution is -0.179. The molecule has 0 radical (unpaired) electrons. The van der Waals surface area contributed by atoms with Crippen LogP contribution in [-0.4, -0.2) is 50.2 Å². The Labute approximate surface area is 144 Å². The first kappa shape index (κ1) is 16.2. The average Bonchev–Trinajstić information content (AvgIpc) is 3.08. The normalized spacial score (nSPS) is 26.8. The second kappa shape index (κ2) is 6.57. The van der Waals surface area contributed by atoms with Crippen molar-refractivity contribution < 1.29 is 20.1 Å². The Morgan fingerprint density at radius 1 is 1.12 bits per heavy atom. The van der Waals surface area contributed by atoms with E-state index in [1.165, 1.54) is 0 Å². The molecule has 25 heavy (non-hydrogen) atoms. The highest BCUT2D eigenvalue weighted by atomic mass is 16.5. The van der Waals surface area contributed by atoms with Crippen LogP contribution in [0, 0.1) is 0 Å². The number of hydrogen-bond donors (Lipinski definition) is 4. The van der Waals surface area contributed by atoms with Crippen molar-refractivity contribution in [2.75, 3.05) is 6.61 Å². The van der Waals surface area contributed by atoms with Crippen LogP contribution in [0.5, 0.6) is 0 Å². The molecular formula is C19H20N2O4. The summed E-state index contributed by atoms with van der Waals surface area (Å²) >= 11 is 0. The summed E-state index contributed by atoms with van der Waals surface area (Å²) in [4.78, 5) is 7.86. The molecule has 3 aromatic rings. The quantitative estimate of drug-likeness (QED) is 0.582. The number of ether oxygens (including phenoxy) is 1. The second-order valence-electron chi connectivity index (χ2n) is 6.38. The van der Waals surface area contributed by atoms with Crippen LogP contribution in [0.2, 0.25) is 0 Å². The van der Waals surface area contributed by atoms with Gasteiger partial charge in [-0.3, -0.25) is 0 Å². The number of hydrogen-bond acceptors (Lipinski definition) is 5. The molecule has 0 amide bonds. The molecule has 130 valence electrons. The van der Waals surface area contributed by atoms with E-state index in [-0.39, 0.29) is 13.0 Å². The third-order valence-electron chi connectivity index (χ3n) is 4.63. The highest BCUT2D eigenvalue weighted by Crippen LogP contribution is 2.33. The molecule has 3 unspecified atom stereocenters. The second-order valence-corrected chi connectivity index (χ2v) is 6.38. The lowest BCUT2D eigenvalue weighted by atomic mass is 9.92. The summed E-state index contributed by atoms with van der Waals surface area (Å²) in [6, 6.07) is 15.3. The molecule has 0 saturated carbocycles. The molecule has 6 heteroatoms. The number of aliphatic hydroxyl groups is 3. The Hall–Kier alpha value is -2.25. The van der Waals surface area contributed by atoms with Crippen molar-refractivity contribution in [2.45, 2.75) is 30.8 Å². The minimum atomic E-state index is -1.03. The van der Waals surface area contributed by atoms with Crippen LogP contribution in [-0.2, 0) is 4.74 Å². The number of aromatic nitrogens is 2. The van der Waals surface area contributed by atoms with Gasteiger partial charge in [-0.2, -0.15) is 0 Å². The first-order valence-electron chi connectivity index (χ1n) is 8.33. The first-order valence-corrected chi connectivity index (χ1v) is 8.33. The average molecular weight is 340 g/mol. The van der Waals surface area contributed by atoms with E-state index in [0.717, 1.165) is 28.0 Å². The summed E-state index contributed by atoms with van der Waals surface area (Å²) in [7, 11) is 0. The number of nitrogens with zero attached hydrogens (tertiary/aromatic N) is 1. The van der Waals surface area contributed by atoms with E-state index in [1.54, 1.807) is 0 Å². The van der Waals surface area contributed by atoms with E-state index in [0.29, 0.717) is 0 Å². The molecule has 4 atom stereocenters. The molecule has 1 aromatic heterocycles.